The Morgan fingerprint density at radius 1 is 1.46 bits per heavy atom. The summed E-state index contributed by atoms with van der Waals surface area (Å²) in [6, 6.07) is 3.98. The maximum atomic E-state index is 12.7. The number of carbonyl (C=O) groups excluding carboxylic acids is 1. The molecule has 0 aliphatic carbocycles. The number of likely N-dealkylation sites (N-methyl/N-ethyl adjacent to an activating group) is 1. The van der Waals surface area contributed by atoms with Crippen molar-refractivity contribution in [2.24, 2.45) is 0 Å². The molecular weight excluding hydrogens is 304 g/mol. The number of fused-ring (bicyclic) bond motifs is 1. The van der Waals surface area contributed by atoms with E-state index in [-0.39, 0.29) is 5.91 Å². The van der Waals surface area contributed by atoms with Gasteiger partial charge >= 0.3 is 0 Å². The molecule has 6 heteroatoms. The lowest BCUT2D eigenvalue weighted by Crippen LogP contribution is -2.55. The Balaban J connectivity index is 1.73. The van der Waals surface area contributed by atoms with Crippen LogP contribution in [0.3, 0.4) is 0 Å². The van der Waals surface area contributed by atoms with E-state index in [2.05, 4.69) is 4.98 Å². The highest BCUT2D eigenvalue weighted by Crippen LogP contribution is 2.23. The van der Waals surface area contributed by atoms with Crippen molar-refractivity contribution in [3.8, 4) is 0 Å². The number of imidazole rings is 1. The molecule has 1 aliphatic rings. The molecule has 3 rings (SSSR count). The van der Waals surface area contributed by atoms with Gasteiger partial charge in [-0.05, 0) is 45.5 Å². The van der Waals surface area contributed by atoms with Gasteiger partial charge in [0.05, 0.1) is 24.3 Å². The van der Waals surface area contributed by atoms with Crippen molar-refractivity contribution in [2.45, 2.75) is 31.8 Å². The van der Waals surface area contributed by atoms with Crippen molar-refractivity contribution >= 4 is 11.6 Å². The summed E-state index contributed by atoms with van der Waals surface area (Å²) in [5.41, 5.74) is 2.06. The van der Waals surface area contributed by atoms with Crippen LogP contribution in [0.15, 0.2) is 24.5 Å². The summed E-state index contributed by atoms with van der Waals surface area (Å²) < 4.78 is 1.98. The summed E-state index contributed by atoms with van der Waals surface area (Å²) in [6.07, 6.45) is 5.60. The monoisotopic (exact) mass is 330 g/mol. The maximum Gasteiger partial charge on any atom is 0.228 e. The molecule has 2 aromatic heterocycles. The average Bonchev–Trinajstić information content (AvgIpc) is 2.90. The van der Waals surface area contributed by atoms with Gasteiger partial charge in [0.2, 0.25) is 5.91 Å². The first-order chi connectivity index (χ1) is 11.4. The number of nitrogens with zero attached hydrogens (tertiary/aromatic N) is 4. The summed E-state index contributed by atoms with van der Waals surface area (Å²) in [5.74, 6) is 0.0511. The van der Waals surface area contributed by atoms with E-state index in [1.54, 1.807) is 11.1 Å². The van der Waals surface area contributed by atoms with Crippen LogP contribution in [0, 0.1) is 6.92 Å². The zero-order chi connectivity index (χ0) is 17.3. The number of β-amino-alcohol motifs (C(OH)–C–C–N with tert-alkyl or cyclic N) is 1. The van der Waals surface area contributed by atoms with Gasteiger partial charge in [-0.1, -0.05) is 6.07 Å². The van der Waals surface area contributed by atoms with Gasteiger partial charge < -0.3 is 19.3 Å². The standard InChI is InChI=1S/C18H26N4O2/c1-14-6-4-9-22-15(11-19-17(14)22)10-16(23)21-8-5-7-18(24,13-21)12-20(2)3/h4,6,9,11,24H,5,7-8,10,12-13H2,1-3H3. The van der Waals surface area contributed by atoms with Crippen LogP contribution in [0.2, 0.25) is 0 Å². The van der Waals surface area contributed by atoms with Gasteiger partial charge in [-0.3, -0.25) is 4.79 Å². The van der Waals surface area contributed by atoms with Crippen molar-refractivity contribution in [3.63, 3.8) is 0 Å². The van der Waals surface area contributed by atoms with Crippen LogP contribution in [0.25, 0.3) is 5.65 Å². The number of aryl methyl sites for hydroxylation is 1. The fourth-order valence-electron chi connectivity index (χ4n) is 3.64. The molecule has 2 aromatic rings. The fourth-order valence-corrected chi connectivity index (χ4v) is 3.64. The van der Waals surface area contributed by atoms with Gasteiger partial charge in [-0.25, -0.2) is 4.98 Å². The van der Waals surface area contributed by atoms with E-state index >= 15 is 0 Å². The highest BCUT2D eigenvalue weighted by molar-refractivity contribution is 5.79. The SMILES string of the molecule is Cc1cccn2c(CC(=O)N3CCCC(O)(CN(C)C)C3)cnc12. The van der Waals surface area contributed by atoms with Gasteiger partial charge in [0.1, 0.15) is 5.65 Å². The first-order valence-corrected chi connectivity index (χ1v) is 8.44. The van der Waals surface area contributed by atoms with E-state index in [0.717, 1.165) is 29.7 Å². The summed E-state index contributed by atoms with van der Waals surface area (Å²) in [6.45, 7) is 3.70. The molecule has 1 amide bonds. The highest BCUT2D eigenvalue weighted by atomic mass is 16.3. The Kier molecular flexibility index (Phi) is 4.60. The van der Waals surface area contributed by atoms with Gasteiger partial charge in [-0.2, -0.15) is 0 Å². The molecule has 1 saturated heterocycles. The van der Waals surface area contributed by atoms with Crippen LogP contribution in [-0.2, 0) is 11.2 Å². The van der Waals surface area contributed by atoms with Crippen LogP contribution < -0.4 is 0 Å². The normalized spacial score (nSPS) is 21.6. The number of carbonyl (C=O) groups is 1. The summed E-state index contributed by atoms with van der Waals surface area (Å²) in [5, 5.41) is 10.7. The second-order valence-electron chi connectivity index (χ2n) is 7.19. The van der Waals surface area contributed by atoms with E-state index in [1.165, 1.54) is 0 Å². The minimum absolute atomic E-state index is 0.0511. The minimum atomic E-state index is -0.812. The zero-order valence-electron chi connectivity index (χ0n) is 14.7. The number of pyridine rings is 1. The molecule has 1 aliphatic heterocycles. The van der Waals surface area contributed by atoms with Gasteiger partial charge in [-0.15, -0.1) is 0 Å². The maximum absolute atomic E-state index is 12.7. The molecule has 1 fully saturated rings. The van der Waals surface area contributed by atoms with Crippen LogP contribution >= 0.6 is 0 Å². The third-order valence-corrected chi connectivity index (χ3v) is 4.66. The number of likely N-dealkylation sites (tertiary alicyclic amines) is 1. The average molecular weight is 330 g/mol. The predicted octanol–water partition coefficient (Wildman–Crippen LogP) is 1.10. The molecule has 130 valence electrons. The summed E-state index contributed by atoms with van der Waals surface area (Å²) in [7, 11) is 3.89. The van der Waals surface area contributed by atoms with Crippen molar-refractivity contribution in [3.05, 3.63) is 35.8 Å². The van der Waals surface area contributed by atoms with Gasteiger partial charge in [0.25, 0.3) is 0 Å². The molecule has 1 atom stereocenters. The molecule has 0 radical (unpaired) electrons. The molecule has 0 spiro atoms. The molecule has 0 bridgehead atoms. The third kappa shape index (κ3) is 3.44. The molecule has 3 heterocycles. The number of piperidine rings is 1. The molecular formula is C18H26N4O2. The molecule has 1 unspecified atom stereocenters. The summed E-state index contributed by atoms with van der Waals surface area (Å²) in [4.78, 5) is 20.9. The quantitative estimate of drug-likeness (QED) is 0.912. The fraction of sp³-hybridized carbons (Fsp3) is 0.556. The van der Waals surface area contributed by atoms with E-state index in [9.17, 15) is 9.90 Å². The van der Waals surface area contributed by atoms with Gasteiger partial charge in [0, 0.05) is 25.5 Å². The first kappa shape index (κ1) is 16.9. The molecule has 1 N–H and O–H groups in total. The van der Waals surface area contributed by atoms with Crippen LogP contribution in [-0.4, -0.2) is 69.5 Å². The third-order valence-electron chi connectivity index (χ3n) is 4.66. The largest absolute Gasteiger partial charge is 0.387 e. The Morgan fingerprint density at radius 3 is 3.00 bits per heavy atom. The number of hydrogen-bond donors (Lipinski definition) is 1. The number of aromatic nitrogens is 2. The van der Waals surface area contributed by atoms with Crippen molar-refractivity contribution in [1.82, 2.24) is 19.2 Å². The van der Waals surface area contributed by atoms with E-state index < -0.39 is 5.60 Å². The molecule has 0 aromatic carbocycles. The van der Waals surface area contributed by atoms with Crippen LogP contribution in [0.5, 0.6) is 0 Å². The summed E-state index contributed by atoms with van der Waals surface area (Å²) >= 11 is 0. The predicted molar refractivity (Wildman–Crippen MR) is 93.0 cm³/mol. The number of rotatable bonds is 4. The second kappa shape index (κ2) is 6.53. The Bertz CT molecular complexity index is 740. The van der Waals surface area contributed by atoms with Gasteiger partial charge in [0.15, 0.2) is 0 Å². The lowest BCUT2D eigenvalue weighted by atomic mass is 9.92. The molecule has 6 nitrogen and oxygen atoms in total. The number of aliphatic hydroxyl groups is 1. The topological polar surface area (TPSA) is 61.1 Å². The lowest BCUT2D eigenvalue weighted by Gasteiger charge is -2.40. The van der Waals surface area contributed by atoms with E-state index in [1.807, 2.05) is 48.6 Å². The Morgan fingerprint density at radius 2 is 2.25 bits per heavy atom. The van der Waals surface area contributed by atoms with Crippen LogP contribution in [0.1, 0.15) is 24.1 Å². The highest BCUT2D eigenvalue weighted by Gasteiger charge is 2.35. The van der Waals surface area contributed by atoms with E-state index in [0.29, 0.717) is 26.1 Å². The van der Waals surface area contributed by atoms with Crippen LogP contribution in [0.4, 0.5) is 0 Å². The Labute approximate surface area is 142 Å². The molecule has 0 saturated carbocycles. The lowest BCUT2D eigenvalue weighted by molar-refractivity contribution is -0.138. The van der Waals surface area contributed by atoms with Crippen molar-refractivity contribution in [2.75, 3.05) is 33.7 Å². The minimum Gasteiger partial charge on any atom is -0.387 e. The second-order valence-corrected chi connectivity index (χ2v) is 7.19. The number of amides is 1. The number of hydrogen-bond acceptors (Lipinski definition) is 4. The zero-order valence-corrected chi connectivity index (χ0v) is 14.7. The van der Waals surface area contributed by atoms with E-state index in [4.69, 9.17) is 0 Å². The van der Waals surface area contributed by atoms with Crippen molar-refractivity contribution < 1.29 is 9.90 Å². The Hall–Kier alpha value is -1.92. The molecule has 24 heavy (non-hydrogen) atoms. The first-order valence-electron chi connectivity index (χ1n) is 8.44. The smallest absolute Gasteiger partial charge is 0.228 e. The van der Waals surface area contributed by atoms with Crippen molar-refractivity contribution in [1.29, 1.82) is 0 Å².